The van der Waals surface area contributed by atoms with Gasteiger partial charge in [0.15, 0.2) is 0 Å². The Labute approximate surface area is 140 Å². The summed E-state index contributed by atoms with van der Waals surface area (Å²) in [5, 5.41) is 0. The molecule has 0 unspecified atom stereocenters. The first-order valence-corrected chi connectivity index (χ1v) is 9.28. The van der Waals surface area contributed by atoms with Gasteiger partial charge in [-0.25, -0.2) is 0 Å². The molecular weight excluding hydrogens is 284 g/mol. The van der Waals surface area contributed by atoms with Crippen LogP contribution in [0.3, 0.4) is 0 Å². The van der Waals surface area contributed by atoms with E-state index in [4.69, 9.17) is 0 Å². The zero-order chi connectivity index (χ0) is 16.3. The Morgan fingerprint density at radius 2 is 1.70 bits per heavy atom. The highest BCUT2D eigenvalue weighted by Gasteiger charge is 2.44. The van der Waals surface area contributed by atoms with Crippen LogP contribution in [0.1, 0.15) is 44.6 Å². The number of amides is 1. The number of carbonyl (C=O) groups excluding carboxylic acids is 1. The van der Waals surface area contributed by atoms with Crippen LogP contribution in [0.15, 0.2) is 30.3 Å². The van der Waals surface area contributed by atoms with Gasteiger partial charge in [0.25, 0.3) is 0 Å². The van der Waals surface area contributed by atoms with Crippen LogP contribution >= 0.6 is 0 Å². The van der Waals surface area contributed by atoms with Crippen molar-refractivity contribution in [1.82, 2.24) is 4.90 Å². The molecule has 1 aromatic rings. The molecule has 3 nitrogen and oxygen atoms in total. The van der Waals surface area contributed by atoms with Crippen molar-refractivity contribution < 1.29 is 9.28 Å². The highest BCUT2D eigenvalue weighted by atomic mass is 16.2. The van der Waals surface area contributed by atoms with E-state index < -0.39 is 0 Å². The second kappa shape index (κ2) is 6.64. The molecule has 3 heteroatoms. The molecule has 0 aromatic heterocycles. The van der Waals surface area contributed by atoms with Gasteiger partial charge in [-0.2, -0.15) is 0 Å². The third kappa shape index (κ3) is 3.16. The van der Waals surface area contributed by atoms with Crippen molar-refractivity contribution in [2.24, 2.45) is 0 Å². The lowest BCUT2D eigenvalue weighted by Gasteiger charge is -2.45. The molecule has 2 fully saturated rings. The summed E-state index contributed by atoms with van der Waals surface area (Å²) in [5.41, 5.74) is 0.981. The monoisotopic (exact) mass is 315 g/mol. The van der Waals surface area contributed by atoms with Gasteiger partial charge in [0.05, 0.1) is 45.2 Å². The van der Waals surface area contributed by atoms with Gasteiger partial charge < -0.3 is 9.38 Å². The minimum Gasteiger partial charge on any atom is -0.331 e. The molecule has 0 radical (unpaired) electrons. The fourth-order valence-electron chi connectivity index (χ4n) is 4.31. The van der Waals surface area contributed by atoms with E-state index in [9.17, 15) is 4.79 Å². The molecule has 0 N–H and O–H groups in total. The Bertz CT molecular complexity index is 526. The van der Waals surface area contributed by atoms with Gasteiger partial charge in [0, 0.05) is 0 Å². The molecule has 3 rings (SSSR count). The fourth-order valence-corrected chi connectivity index (χ4v) is 4.31. The van der Waals surface area contributed by atoms with Gasteiger partial charge in [0.1, 0.15) is 0 Å². The topological polar surface area (TPSA) is 20.3 Å². The van der Waals surface area contributed by atoms with Crippen LogP contribution in [0.4, 0.5) is 0 Å². The predicted octanol–water partition coefficient (Wildman–Crippen LogP) is 3.20. The summed E-state index contributed by atoms with van der Waals surface area (Å²) in [6, 6.07) is 10.6. The minimum atomic E-state index is -0.257. The summed E-state index contributed by atoms with van der Waals surface area (Å²) in [5.74, 6) is 0.394. The molecule has 1 amide bonds. The summed E-state index contributed by atoms with van der Waals surface area (Å²) in [6.07, 6.45) is 5.67. The van der Waals surface area contributed by atoms with Crippen molar-refractivity contribution in [3.05, 3.63) is 35.9 Å². The third-order valence-corrected chi connectivity index (χ3v) is 6.31. The normalized spacial score (nSPS) is 23.5. The molecule has 1 saturated heterocycles. The molecule has 1 saturated carbocycles. The first-order chi connectivity index (χ1) is 11.1. The SMILES string of the molecule is CC[N+]1(C)CCN(C(=O)C2(c3ccccc3)CCCCC2)CC1. The van der Waals surface area contributed by atoms with Crippen LogP contribution < -0.4 is 0 Å². The Morgan fingerprint density at radius 3 is 2.26 bits per heavy atom. The van der Waals surface area contributed by atoms with Crippen molar-refractivity contribution in [1.29, 1.82) is 0 Å². The first-order valence-electron chi connectivity index (χ1n) is 9.28. The van der Waals surface area contributed by atoms with Gasteiger partial charge in [-0.15, -0.1) is 0 Å². The van der Waals surface area contributed by atoms with E-state index in [1.165, 1.54) is 24.8 Å². The Kier molecular flexibility index (Phi) is 4.77. The summed E-state index contributed by atoms with van der Waals surface area (Å²) in [7, 11) is 2.31. The number of piperazine rings is 1. The van der Waals surface area contributed by atoms with Crippen LogP contribution in [0.5, 0.6) is 0 Å². The number of hydrogen-bond donors (Lipinski definition) is 0. The van der Waals surface area contributed by atoms with Crippen LogP contribution in [-0.2, 0) is 10.2 Å². The zero-order valence-electron chi connectivity index (χ0n) is 14.8. The number of likely N-dealkylation sites (N-methyl/N-ethyl adjacent to an activating group) is 1. The van der Waals surface area contributed by atoms with Crippen molar-refractivity contribution in [3.63, 3.8) is 0 Å². The van der Waals surface area contributed by atoms with Crippen molar-refractivity contribution in [3.8, 4) is 0 Å². The molecule has 0 bridgehead atoms. The molecule has 0 atom stereocenters. The maximum Gasteiger partial charge on any atom is 0.233 e. The number of rotatable bonds is 3. The Balaban J connectivity index is 1.82. The van der Waals surface area contributed by atoms with Crippen LogP contribution in [0, 0.1) is 0 Å². The number of benzene rings is 1. The van der Waals surface area contributed by atoms with E-state index >= 15 is 0 Å². The zero-order valence-corrected chi connectivity index (χ0v) is 14.8. The second-order valence-corrected chi connectivity index (χ2v) is 7.68. The number of nitrogens with zero attached hydrogens (tertiary/aromatic N) is 2. The smallest absolute Gasteiger partial charge is 0.233 e. The number of hydrogen-bond acceptors (Lipinski definition) is 1. The molecule has 1 heterocycles. The summed E-state index contributed by atoms with van der Waals surface area (Å²) in [6.45, 7) is 7.42. The second-order valence-electron chi connectivity index (χ2n) is 7.68. The van der Waals surface area contributed by atoms with Gasteiger partial charge >= 0.3 is 0 Å². The number of quaternary nitrogens is 1. The Hall–Kier alpha value is -1.35. The lowest BCUT2D eigenvalue weighted by atomic mass is 9.68. The Morgan fingerprint density at radius 1 is 1.09 bits per heavy atom. The van der Waals surface area contributed by atoms with Crippen molar-refractivity contribution >= 4 is 5.91 Å². The van der Waals surface area contributed by atoms with E-state index in [0.29, 0.717) is 5.91 Å². The highest BCUT2D eigenvalue weighted by molar-refractivity contribution is 5.88. The van der Waals surface area contributed by atoms with E-state index in [2.05, 4.69) is 49.2 Å². The summed E-state index contributed by atoms with van der Waals surface area (Å²) in [4.78, 5) is 15.7. The molecule has 2 aliphatic rings. The summed E-state index contributed by atoms with van der Waals surface area (Å²) >= 11 is 0. The van der Waals surface area contributed by atoms with Gasteiger partial charge in [-0.1, -0.05) is 49.6 Å². The van der Waals surface area contributed by atoms with Gasteiger partial charge in [-0.05, 0) is 25.3 Å². The lowest BCUT2D eigenvalue weighted by Crippen LogP contribution is -2.61. The molecule has 1 aromatic carbocycles. The number of carbonyl (C=O) groups is 1. The van der Waals surface area contributed by atoms with Crippen molar-refractivity contribution in [2.45, 2.75) is 44.4 Å². The molecule has 23 heavy (non-hydrogen) atoms. The molecule has 126 valence electrons. The molecule has 1 aliphatic carbocycles. The van der Waals surface area contributed by atoms with Crippen LogP contribution in [-0.4, -0.2) is 55.1 Å². The molecule has 0 spiro atoms. The average molecular weight is 315 g/mol. The van der Waals surface area contributed by atoms with Crippen molar-refractivity contribution in [2.75, 3.05) is 39.8 Å². The lowest BCUT2D eigenvalue weighted by molar-refractivity contribution is -0.911. The molecular formula is C20H31N2O+. The van der Waals surface area contributed by atoms with Crippen LogP contribution in [0.25, 0.3) is 0 Å². The largest absolute Gasteiger partial charge is 0.331 e. The van der Waals surface area contributed by atoms with E-state index in [-0.39, 0.29) is 5.41 Å². The third-order valence-electron chi connectivity index (χ3n) is 6.31. The van der Waals surface area contributed by atoms with Gasteiger partial charge in [-0.3, -0.25) is 4.79 Å². The quantitative estimate of drug-likeness (QED) is 0.785. The highest BCUT2D eigenvalue weighted by Crippen LogP contribution is 2.41. The predicted molar refractivity (Wildman–Crippen MR) is 94.2 cm³/mol. The molecule has 1 aliphatic heterocycles. The summed E-state index contributed by atoms with van der Waals surface area (Å²) < 4.78 is 1.10. The minimum absolute atomic E-state index is 0.257. The maximum atomic E-state index is 13.5. The van der Waals surface area contributed by atoms with E-state index in [1.807, 2.05) is 0 Å². The standard InChI is InChI=1S/C20H31N2O/c1-3-22(2)16-14-21(15-17-22)19(23)20(12-8-5-9-13-20)18-10-6-4-7-11-18/h4,6-7,10-11H,3,5,8-9,12-17H2,1-2H3/q+1. The average Bonchev–Trinajstić information content (AvgIpc) is 2.63. The first kappa shape index (κ1) is 16.5. The maximum absolute atomic E-state index is 13.5. The van der Waals surface area contributed by atoms with Gasteiger partial charge in [0.2, 0.25) is 5.91 Å². The van der Waals surface area contributed by atoms with Crippen LogP contribution in [0.2, 0.25) is 0 Å². The van der Waals surface area contributed by atoms with E-state index in [1.54, 1.807) is 0 Å². The van der Waals surface area contributed by atoms with E-state index in [0.717, 1.165) is 50.0 Å². The fraction of sp³-hybridized carbons (Fsp3) is 0.650.